The number of sulfonamides is 1. The van der Waals surface area contributed by atoms with E-state index in [-0.39, 0.29) is 23.7 Å². The van der Waals surface area contributed by atoms with Crippen LogP contribution in [-0.4, -0.2) is 46.8 Å². The smallest absolute Gasteiger partial charge is 0.270 e. The lowest BCUT2D eigenvalue weighted by Crippen LogP contribution is -2.31. The van der Waals surface area contributed by atoms with E-state index in [0.29, 0.717) is 18.8 Å². The Morgan fingerprint density at radius 3 is 2.53 bits per heavy atom. The van der Waals surface area contributed by atoms with Crippen molar-refractivity contribution in [1.29, 1.82) is 0 Å². The molecule has 1 heterocycles. The van der Waals surface area contributed by atoms with Crippen LogP contribution in [-0.2, 0) is 16.6 Å². The number of nitro groups is 1. The number of rotatable bonds is 9. The number of nitrogens with one attached hydrogen (secondary N) is 1. The first-order valence-electron chi connectivity index (χ1n) is 9.74. The van der Waals surface area contributed by atoms with E-state index < -0.39 is 14.9 Å². The third-order valence-electron chi connectivity index (χ3n) is 5.00. The molecule has 30 heavy (non-hydrogen) atoms. The Kier molecular flexibility index (Phi) is 6.37. The summed E-state index contributed by atoms with van der Waals surface area (Å²) in [5.74, 6) is 0.859. The van der Waals surface area contributed by atoms with Gasteiger partial charge >= 0.3 is 0 Å². The van der Waals surface area contributed by atoms with Gasteiger partial charge in [0.15, 0.2) is 0 Å². The molecule has 0 atom stereocenters. The minimum atomic E-state index is -3.87. The van der Waals surface area contributed by atoms with Crippen molar-refractivity contribution in [2.75, 3.05) is 25.0 Å². The number of aryl methyl sites for hydroxylation is 1. The maximum absolute atomic E-state index is 13.1. The molecule has 0 aliphatic carbocycles. The molecule has 160 valence electrons. The first kappa shape index (κ1) is 21.7. The molecule has 9 nitrogen and oxygen atoms in total. The Morgan fingerprint density at radius 2 is 1.87 bits per heavy atom. The summed E-state index contributed by atoms with van der Waals surface area (Å²) >= 11 is 0. The zero-order valence-corrected chi connectivity index (χ0v) is 18.0. The fraction of sp³-hybridized carbons (Fsp3) is 0.350. The first-order valence-corrected chi connectivity index (χ1v) is 11.2. The summed E-state index contributed by atoms with van der Waals surface area (Å²) < 4.78 is 29.4. The monoisotopic (exact) mass is 431 g/mol. The minimum Gasteiger partial charge on any atom is -0.382 e. The number of nitrogens with zero attached hydrogens (tertiary/aromatic N) is 4. The second-order valence-electron chi connectivity index (χ2n) is 6.75. The summed E-state index contributed by atoms with van der Waals surface area (Å²) in [6, 6.07) is 11.7. The molecular formula is C20H25N5O4S. The SMILES string of the molecule is CCN(CC)S(=O)(=O)c1cc([N+](=O)[O-])ccc1NCCn1c(C)nc2ccccc21. The molecule has 0 bridgehead atoms. The maximum Gasteiger partial charge on any atom is 0.270 e. The van der Waals surface area contributed by atoms with Crippen LogP contribution < -0.4 is 5.32 Å². The highest BCUT2D eigenvalue weighted by atomic mass is 32.2. The Hall–Kier alpha value is -2.98. The molecular weight excluding hydrogens is 406 g/mol. The largest absolute Gasteiger partial charge is 0.382 e. The van der Waals surface area contributed by atoms with Crippen molar-refractivity contribution >= 4 is 32.4 Å². The Balaban J connectivity index is 1.90. The number of hydrogen-bond donors (Lipinski definition) is 1. The third-order valence-corrected chi connectivity index (χ3v) is 7.09. The molecule has 0 spiro atoms. The molecule has 3 aromatic rings. The number of anilines is 1. The van der Waals surface area contributed by atoms with Gasteiger partial charge in [0, 0.05) is 38.3 Å². The summed E-state index contributed by atoms with van der Waals surface area (Å²) in [5, 5.41) is 14.3. The van der Waals surface area contributed by atoms with Gasteiger partial charge in [-0.1, -0.05) is 26.0 Å². The van der Waals surface area contributed by atoms with Crippen LogP contribution in [0.5, 0.6) is 0 Å². The zero-order chi connectivity index (χ0) is 21.9. The lowest BCUT2D eigenvalue weighted by atomic mass is 10.3. The fourth-order valence-electron chi connectivity index (χ4n) is 3.47. The van der Waals surface area contributed by atoms with Crippen LogP contribution in [0.1, 0.15) is 19.7 Å². The minimum absolute atomic E-state index is 0.0902. The van der Waals surface area contributed by atoms with E-state index in [1.54, 1.807) is 13.8 Å². The summed E-state index contributed by atoms with van der Waals surface area (Å²) in [6.07, 6.45) is 0. The fourth-order valence-corrected chi connectivity index (χ4v) is 5.11. The van der Waals surface area contributed by atoms with E-state index in [1.165, 1.54) is 16.4 Å². The number of fused-ring (bicyclic) bond motifs is 1. The summed E-state index contributed by atoms with van der Waals surface area (Å²) in [5.41, 5.74) is 1.98. The highest BCUT2D eigenvalue weighted by Gasteiger charge is 2.27. The molecule has 1 N–H and O–H groups in total. The molecule has 0 saturated carbocycles. The Bertz CT molecular complexity index is 1170. The second-order valence-corrected chi connectivity index (χ2v) is 8.66. The van der Waals surface area contributed by atoms with E-state index >= 15 is 0 Å². The molecule has 0 aliphatic heterocycles. The van der Waals surface area contributed by atoms with Crippen molar-refractivity contribution in [2.45, 2.75) is 32.2 Å². The van der Waals surface area contributed by atoms with Gasteiger partial charge in [-0.3, -0.25) is 10.1 Å². The van der Waals surface area contributed by atoms with Gasteiger partial charge in [0.25, 0.3) is 5.69 Å². The molecule has 0 saturated heterocycles. The molecule has 1 aromatic heterocycles. The lowest BCUT2D eigenvalue weighted by Gasteiger charge is -2.21. The highest BCUT2D eigenvalue weighted by molar-refractivity contribution is 7.89. The molecule has 0 unspecified atom stereocenters. The highest BCUT2D eigenvalue weighted by Crippen LogP contribution is 2.29. The number of nitro benzene ring substituents is 1. The van der Waals surface area contributed by atoms with Crippen LogP contribution in [0.25, 0.3) is 11.0 Å². The predicted octanol–water partition coefficient (Wildman–Crippen LogP) is 3.40. The van der Waals surface area contributed by atoms with Crippen LogP contribution in [0.4, 0.5) is 11.4 Å². The van der Waals surface area contributed by atoms with Crippen LogP contribution >= 0.6 is 0 Å². The first-order chi connectivity index (χ1) is 14.3. The van der Waals surface area contributed by atoms with Crippen LogP contribution in [0.15, 0.2) is 47.4 Å². The van der Waals surface area contributed by atoms with Crippen molar-refractivity contribution in [3.05, 3.63) is 58.4 Å². The van der Waals surface area contributed by atoms with Crippen molar-refractivity contribution in [3.63, 3.8) is 0 Å². The number of non-ortho nitro benzene ring substituents is 1. The average molecular weight is 432 g/mol. The van der Waals surface area contributed by atoms with Crippen molar-refractivity contribution in [3.8, 4) is 0 Å². The Labute approximate surface area is 175 Å². The normalized spacial score (nSPS) is 11.9. The Morgan fingerprint density at radius 1 is 1.17 bits per heavy atom. The second kappa shape index (κ2) is 8.80. The molecule has 0 aliphatic rings. The van der Waals surface area contributed by atoms with E-state index in [2.05, 4.69) is 10.3 Å². The van der Waals surface area contributed by atoms with Gasteiger partial charge in [0.05, 0.1) is 21.6 Å². The number of aromatic nitrogens is 2. The van der Waals surface area contributed by atoms with Crippen LogP contribution in [0.3, 0.4) is 0 Å². The van der Waals surface area contributed by atoms with Gasteiger partial charge < -0.3 is 9.88 Å². The van der Waals surface area contributed by atoms with Gasteiger partial charge in [0.1, 0.15) is 10.7 Å². The summed E-state index contributed by atoms with van der Waals surface area (Å²) in [4.78, 5) is 15.0. The van der Waals surface area contributed by atoms with E-state index in [4.69, 9.17) is 0 Å². The van der Waals surface area contributed by atoms with E-state index in [1.807, 2.05) is 35.8 Å². The van der Waals surface area contributed by atoms with Gasteiger partial charge in [-0.05, 0) is 25.1 Å². The lowest BCUT2D eigenvalue weighted by molar-refractivity contribution is -0.385. The summed E-state index contributed by atoms with van der Waals surface area (Å²) in [6.45, 7) is 6.94. The molecule has 10 heteroatoms. The maximum atomic E-state index is 13.1. The standard InChI is InChI=1S/C20H25N5O4S/c1-4-23(5-2)30(28,29)20-14-16(25(26)27)10-11-18(20)21-12-13-24-15(3)22-17-8-6-7-9-19(17)24/h6-11,14,21H,4-5,12-13H2,1-3H3. The molecule has 0 fully saturated rings. The zero-order valence-electron chi connectivity index (χ0n) is 17.2. The number of para-hydroxylation sites is 2. The topological polar surface area (TPSA) is 110 Å². The van der Waals surface area contributed by atoms with Crippen LogP contribution in [0.2, 0.25) is 0 Å². The number of benzene rings is 2. The van der Waals surface area contributed by atoms with Gasteiger partial charge in [-0.2, -0.15) is 4.31 Å². The molecule has 3 rings (SSSR count). The quantitative estimate of drug-likeness (QED) is 0.411. The third kappa shape index (κ3) is 4.14. The molecule has 0 radical (unpaired) electrons. The predicted molar refractivity (Wildman–Crippen MR) is 116 cm³/mol. The molecule has 0 amide bonds. The number of imidazole rings is 1. The number of hydrogen-bond acceptors (Lipinski definition) is 6. The average Bonchev–Trinajstić information content (AvgIpc) is 3.04. The van der Waals surface area contributed by atoms with Crippen molar-refractivity contribution in [2.24, 2.45) is 0 Å². The van der Waals surface area contributed by atoms with Gasteiger partial charge in [-0.15, -0.1) is 0 Å². The van der Waals surface area contributed by atoms with Gasteiger partial charge in [0.2, 0.25) is 10.0 Å². The van der Waals surface area contributed by atoms with Gasteiger partial charge in [-0.25, -0.2) is 13.4 Å². The van der Waals surface area contributed by atoms with Crippen molar-refractivity contribution < 1.29 is 13.3 Å². The van der Waals surface area contributed by atoms with Crippen molar-refractivity contribution in [1.82, 2.24) is 13.9 Å². The van der Waals surface area contributed by atoms with E-state index in [9.17, 15) is 18.5 Å². The summed E-state index contributed by atoms with van der Waals surface area (Å²) in [7, 11) is -3.87. The molecule has 2 aromatic carbocycles. The van der Waals surface area contributed by atoms with E-state index in [0.717, 1.165) is 22.9 Å². The van der Waals surface area contributed by atoms with Crippen LogP contribution in [0, 0.1) is 17.0 Å².